The largest absolute Gasteiger partial charge is 0.392 e. The Bertz CT molecular complexity index is 525. The van der Waals surface area contributed by atoms with E-state index in [1.54, 1.807) is 0 Å². The summed E-state index contributed by atoms with van der Waals surface area (Å²) in [5.74, 6) is 0. The second kappa shape index (κ2) is 6.70. The van der Waals surface area contributed by atoms with Gasteiger partial charge in [0.2, 0.25) is 0 Å². The number of hydrogen-bond donors (Lipinski definition) is 2. The number of aliphatic hydroxyl groups is 1. The molecule has 2 atom stereocenters. The summed E-state index contributed by atoms with van der Waals surface area (Å²) in [4.78, 5) is 0. The highest BCUT2D eigenvalue weighted by Crippen LogP contribution is 2.24. The molecule has 20 heavy (non-hydrogen) atoms. The summed E-state index contributed by atoms with van der Waals surface area (Å²) in [5.41, 5.74) is 2.11. The lowest BCUT2D eigenvalue weighted by Gasteiger charge is -2.19. The highest BCUT2D eigenvalue weighted by Gasteiger charge is 2.34. The van der Waals surface area contributed by atoms with E-state index in [0.29, 0.717) is 0 Å². The number of sulfone groups is 1. The predicted octanol–water partition coefficient (Wildman–Crippen LogP) is 1.28. The molecule has 0 bridgehead atoms. The van der Waals surface area contributed by atoms with Gasteiger partial charge < -0.3 is 10.4 Å². The molecule has 1 saturated carbocycles. The zero-order chi connectivity index (χ0) is 14.6. The molecule has 5 heteroatoms. The fraction of sp³-hybridized carbons (Fsp3) is 0.600. The quantitative estimate of drug-likeness (QED) is 0.830. The molecule has 1 aliphatic rings. The van der Waals surface area contributed by atoms with Gasteiger partial charge in [0.1, 0.15) is 0 Å². The summed E-state index contributed by atoms with van der Waals surface area (Å²) >= 11 is 0. The van der Waals surface area contributed by atoms with Crippen LogP contribution in [0.4, 0.5) is 0 Å². The Morgan fingerprint density at radius 1 is 1.20 bits per heavy atom. The highest BCUT2D eigenvalue weighted by atomic mass is 32.2. The minimum absolute atomic E-state index is 0.0661. The first-order chi connectivity index (χ1) is 9.50. The topological polar surface area (TPSA) is 66.4 Å². The summed E-state index contributed by atoms with van der Waals surface area (Å²) in [6.07, 6.45) is 4.92. The first-order valence-electron chi connectivity index (χ1n) is 7.11. The van der Waals surface area contributed by atoms with Gasteiger partial charge in [0.05, 0.1) is 11.9 Å². The Labute approximate surface area is 121 Å². The van der Waals surface area contributed by atoms with Crippen LogP contribution < -0.4 is 5.32 Å². The zero-order valence-electron chi connectivity index (χ0n) is 11.9. The number of benzene rings is 1. The minimum atomic E-state index is -2.95. The monoisotopic (exact) mass is 297 g/mol. The van der Waals surface area contributed by atoms with Crippen molar-refractivity contribution in [3.63, 3.8) is 0 Å². The fourth-order valence-corrected chi connectivity index (χ4v) is 4.31. The number of rotatable bonds is 6. The van der Waals surface area contributed by atoms with Crippen LogP contribution in [0.15, 0.2) is 24.3 Å². The smallest absolute Gasteiger partial charge is 0.151 e. The minimum Gasteiger partial charge on any atom is -0.392 e. The van der Waals surface area contributed by atoms with Crippen LogP contribution >= 0.6 is 0 Å². The van der Waals surface area contributed by atoms with E-state index in [-0.39, 0.29) is 17.9 Å². The van der Waals surface area contributed by atoms with Crippen molar-refractivity contribution < 1.29 is 13.5 Å². The van der Waals surface area contributed by atoms with E-state index in [2.05, 4.69) is 5.32 Å². The molecule has 1 aromatic rings. The second-order valence-electron chi connectivity index (χ2n) is 5.58. The summed E-state index contributed by atoms with van der Waals surface area (Å²) in [7, 11) is -2.95. The SMILES string of the molecule is CS(=O)(=O)C1CCCC1NCCc1ccc(CO)cc1. The Morgan fingerprint density at radius 3 is 2.45 bits per heavy atom. The van der Waals surface area contributed by atoms with Crippen LogP contribution in [0.25, 0.3) is 0 Å². The molecule has 112 valence electrons. The van der Waals surface area contributed by atoms with Gasteiger partial charge in [0.25, 0.3) is 0 Å². The lowest BCUT2D eigenvalue weighted by Crippen LogP contribution is -2.40. The summed E-state index contributed by atoms with van der Waals surface area (Å²) < 4.78 is 23.4. The molecule has 0 saturated heterocycles. The van der Waals surface area contributed by atoms with E-state index in [0.717, 1.165) is 37.8 Å². The van der Waals surface area contributed by atoms with E-state index in [1.807, 2.05) is 24.3 Å². The molecule has 2 rings (SSSR count). The second-order valence-corrected chi connectivity index (χ2v) is 7.85. The van der Waals surface area contributed by atoms with Gasteiger partial charge in [-0.1, -0.05) is 30.7 Å². The Morgan fingerprint density at radius 2 is 1.85 bits per heavy atom. The van der Waals surface area contributed by atoms with Crippen molar-refractivity contribution in [2.24, 2.45) is 0 Å². The number of aliphatic hydroxyl groups excluding tert-OH is 1. The summed E-state index contributed by atoms with van der Waals surface area (Å²) in [5, 5.41) is 12.1. The van der Waals surface area contributed by atoms with Gasteiger partial charge in [0.15, 0.2) is 9.84 Å². The Hall–Kier alpha value is -0.910. The maximum absolute atomic E-state index is 11.7. The van der Waals surface area contributed by atoms with Crippen LogP contribution in [0.1, 0.15) is 30.4 Å². The predicted molar refractivity (Wildman–Crippen MR) is 80.3 cm³/mol. The van der Waals surface area contributed by atoms with Crippen LogP contribution in [-0.2, 0) is 22.9 Å². The standard InChI is InChI=1S/C15H23NO3S/c1-20(18,19)15-4-2-3-14(15)16-10-9-12-5-7-13(11-17)8-6-12/h5-8,14-17H,2-4,9-11H2,1H3. The molecule has 1 fully saturated rings. The number of hydrogen-bond acceptors (Lipinski definition) is 4. The van der Waals surface area contributed by atoms with Crippen LogP contribution in [0.3, 0.4) is 0 Å². The highest BCUT2D eigenvalue weighted by molar-refractivity contribution is 7.91. The van der Waals surface area contributed by atoms with Gasteiger partial charge in [-0.05, 0) is 36.9 Å². The average Bonchev–Trinajstić information content (AvgIpc) is 2.88. The van der Waals surface area contributed by atoms with Crippen molar-refractivity contribution in [1.82, 2.24) is 5.32 Å². The molecule has 0 heterocycles. The van der Waals surface area contributed by atoms with E-state index < -0.39 is 9.84 Å². The molecule has 0 radical (unpaired) electrons. The van der Waals surface area contributed by atoms with Crippen molar-refractivity contribution in [1.29, 1.82) is 0 Å². The Kier molecular flexibility index (Phi) is 5.18. The van der Waals surface area contributed by atoms with Gasteiger partial charge >= 0.3 is 0 Å². The van der Waals surface area contributed by atoms with Crippen molar-refractivity contribution in [3.8, 4) is 0 Å². The fourth-order valence-electron chi connectivity index (χ4n) is 2.89. The third-order valence-electron chi connectivity index (χ3n) is 4.03. The summed E-state index contributed by atoms with van der Waals surface area (Å²) in [6, 6.07) is 7.96. The van der Waals surface area contributed by atoms with Gasteiger partial charge in [-0.25, -0.2) is 8.42 Å². The summed E-state index contributed by atoms with van der Waals surface area (Å²) in [6.45, 7) is 0.853. The zero-order valence-corrected chi connectivity index (χ0v) is 12.7. The van der Waals surface area contributed by atoms with Crippen LogP contribution in [-0.4, -0.2) is 37.6 Å². The maximum Gasteiger partial charge on any atom is 0.151 e. The molecule has 4 nitrogen and oxygen atoms in total. The third-order valence-corrected chi connectivity index (χ3v) is 5.69. The van der Waals surface area contributed by atoms with Gasteiger partial charge in [0, 0.05) is 12.3 Å². The number of nitrogens with one attached hydrogen (secondary N) is 1. The maximum atomic E-state index is 11.7. The van der Waals surface area contributed by atoms with Crippen molar-refractivity contribution in [2.75, 3.05) is 12.8 Å². The van der Waals surface area contributed by atoms with Gasteiger partial charge in [-0.15, -0.1) is 0 Å². The molecular formula is C15H23NO3S. The van der Waals surface area contributed by atoms with E-state index >= 15 is 0 Å². The lowest BCUT2D eigenvalue weighted by molar-refractivity contribution is 0.282. The molecule has 1 aromatic carbocycles. The molecule has 0 aliphatic heterocycles. The van der Waals surface area contributed by atoms with Crippen LogP contribution in [0.5, 0.6) is 0 Å². The Balaban J connectivity index is 1.83. The molecule has 0 amide bonds. The normalized spacial score (nSPS) is 23.1. The van der Waals surface area contributed by atoms with E-state index in [4.69, 9.17) is 5.11 Å². The van der Waals surface area contributed by atoms with E-state index in [9.17, 15) is 8.42 Å². The molecule has 2 unspecified atom stereocenters. The van der Waals surface area contributed by atoms with Crippen molar-refractivity contribution in [2.45, 2.75) is 43.6 Å². The molecule has 2 N–H and O–H groups in total. The van der Waals surface area contributed by atoms with E-state index in [1.165, 1.54) is 11.8 Å². The molecule has 0 spiro atoms. The van der Waals surface area contributed by atoms with Gasteiger partial charge in [-0.3, -0.25) is 0 Å². The van der Waals surface area contributed by atoms with Crippen molar-refractivity contribution >= 4 is 9.84 Å². The third kappa shape index (κ3) is 4.04. The average molecular weight is 297 g/mol. The first kappa shape index (κ1) is 15.5. The van der Waals surface area contributed by atoms with Crippen LogP contribution in [0.2, 0.25) is 0 Å². The molecular weight excluding hydrogens is 274 g/mol. The molecule has 1 aliphatic carbocycles. The van der Waals surface area contributed by atoms with Crippen molar-refractivity contribution in [3.05, 3.63) is 35.4 Å². The first-order valence-corrected chi connectivity index (χ1v) is 9.07. The molecule has 0 aromatic heterocycles. The van der Waals surface area contributed by atoms with Crippen LogP contribution in [0, 0.1) is 0 Å². The van der Waals surface area contributed by atoms with Gasteiger partial charge in [-0.2, -0.15) is 0 Å². The lowest BCUT2D eigenvalue weighted by atomic mass is 10.1.